The summed E-state index contributed by atoms with van der Waals surface area (Å²) in [6.07, 6.45) is 2.04. The molecule has 30 heavy (non-hydrogen) atoms. The Bertz CT molecular complexity index is 901. The van der Waals surface area contributed by atoms with Crippen molar-refractivity contribution >= 4 is 17.7 Å². The lowest BCUT2D eigenvalue weighted by molar-refractivity contribution is 0.0222. The lowest BCUT2D eigenvalue weighted by Gasteiger charge is -2.30. The van der Waals surface area contributed by atoms with Crippen molar-refractivity contribution in [1.82, 2.24) is 14.9 Å². The molecule has 0 radical (unpaired) electrons. The monoisotopic (exact) mass is 416 g/mol. The Balaban J connectivity index is 1.76. The highest BCUT2D eigenvalue weighted by atomic mass is 16.6. The molecule has 1 aromatic carbocycles. The van der Waals surface area contributed by atoms with E-state index < -0.39 is 5.60 Å². The zero-order valence-corrected chi connectivity index (χ0v) is 18.2. The van der Waals surface area contributed by atoms with Crippen molar-refractivity contribution in [3.8, 4) is 17.2 Å². The molecule has 1 amide bonds. The summed E-state index contributed by atoms with van der Waals surface area (Å²) < 4.78 is 21.6. The van der Waals surface area contributed by atoms with Crippen molar-refractivity contribution in [1.29, 1.82) is 0 Å². The first-order valence-electron chi connectivity index (χ1n) is 9.64. The first-order chi connectivity index (χ1) is 14.2. The fourth-order valence-corrected chi connectivity index (χ4v) is 3.14. The zero-order chi connectivity index (χ0) is 21.9. The second-order valence-corrected chi connectivity index (χ2v) is 7.86. The number of fused-ring (bicyclic) bond motifs is 1. The maximum atomic E-state index is 12.3. The number of hydrogen-bond acceptors (Lipinski definition) is 8. The molecule has 0 spiro atoms. The van der Waals surface area contributed by atoms with Gasteiger partial charge in [0.25, 0.3) is 0 Å². The lowest BCUT2D eigenvalue weighted by atomic mass is 10.1. The van der Waals surface area contributed by atoms with Crippen LogP contribution in [0.3, 0.4) is 0 Å². The number of nitrogens with one attached hydrogen (secondary N) is 1. The Labute approximate surface area is 176 Å². The number of carbonyl (C=O) groups is 1. The molecule has 2 aromatic rings. The van der Waals surface area contributed by atoms with E-state index in [1.54, 1.807) is 44.6 Å². The Morgan fingerprint density at radius 2 is 1.77 bits per heavy atom. The summed E-state index contributed by atoms with van der Waals surface area (Å²) in [5.74, 6) is 2.03. The van der Waals surface area contributed by atoms with Crippen LogP contribution in [-0.2, 0) is 17.7 Å². The number of ether oxygens (including phenoxy) is 4. The predicted octanol–water partition coefficient (Wildman–Crippen LogP) is 3.54. The highest BCUT2D eigenvalue weighted by Crippen LogP contribution is 2.40. The molecule has 9 nitrogen and oxygen atoms in total. The molecule has 3 rings (SSSR count). The molecule has 162 valence electrons. The molecule has 1 aliphatic heterocycles. The van der Waals surface area contributed by atoms with Gasteiger partial charge in [-0.25, -0.2) is 14.8 Å². The van der Waals surface area contributed by atoms with Crippen molar-refractivity contribution in [2.45, 2.75) is 39.3 Å². The first-order valence-corrected chi connectivity index (χ1v) is 9.64. The first kappa shape index (κ1) is 21.5. The summed E-state index contributed by atoms with van der Waals surface area (Å²) in [5, 5.41) is 3.18. The number of anilines is 2. The quantitative estimate of drug-likeness (QED) is 0.791. The summed E-state index contributed by atoms with van der Waals surface area (Å²) in [4.78, 5) is 23.0. The van der Waals surface area contributed by atoms with Gasteiger partial charge >= 0.3 is 6.09 Å². The van der Waals surface area contributed by atoms with Gasteiger partial charge in [-0.1, -0.05) is 0 Å². The van der Waals surface area contributed by atoms with Gasteiger partial charge in [-0.2, -0.15) is 0 Å². The number of nitrogens with zero attached hydrogens (tertiary/aromatic N) is 3. The Morgan fingerprint density at radius 1 is 1.10 bits per heavy atom. The van der Waals surface area contributed by atoms with Crippen molar-refractivity contribution in [3.63, 3.8) is 0 Å². The molecule has 1 aromatic heterocycles. The van der Waals surface area contributed by atoms with Crippen molar-refractivity contribution in [2.24, 2.45) is 0 Å². The smallest absolute Gasteiger partial charge is 0.410 e. The number of hydrogen-bond donors (Lipinski definition) is 1. The molecule has 0 bridgehead atoms. The minimum Gasteiger partial charge on any atom is -0.493 e. The maximum absolute atomic E-state index is 12.3. The summed E-state index contributed by atoms with van der Waals surface area (Å²) >= 11 is 0. The molecule has 0 aliphatic carbocycles. The van der Waals surface area contributed by atoms with Crippen LogP contribution in [0.1, 0.15) is 32.0 Å². The van der Waals surface area contributed by atoms with E-state index in [4.69, 9.17) is 18.9 Å². The third kappa shape index (κ3) is 4.84. The van der Waals surface area contributed by atoms with Crippen LogP contribution in [0.2, 0.25) is 0 Å². The van der Waals surface area contributed by atoms with Gasteiger partial charge in [-0.05, 0) is 20.8 Å². The highest BCUT2D eigenvalue weighted by molar-refractivity contribution is 5.69. The third-order valence-corrected chi connectivity index (χ3v) is 4.51. The molecular weight excluding hydrogens is 388 g/mol. The highest BCUT2D eigenvalue weighted by Gasteiger charge is 2.26. The molecule has 0 unspecified atom stereocenters. The number of benzene rings is 1. The minimum absolute atomic E-state index is 0.326. The summed E-state index contributed by atoms with van der Waals surface area (Å²) in [6.45, 7) is 6.53. The molecule has 0 saturated heterocycles. The zero-order valence-electron chi connectivity index (χ0n) is 18.2. The van der Waals surface area contributed by atoms with E-state index in [1.165, 1.54) is 0 Å². The molecule has 9 heteroatoms. The third-order valence-electron chi connectivity index (χ3n) is 4.51. The molecule has 0 fully saturated rings. The topological polar surface area (TPSA) is 95.0 Å². The number of rotatable bonds is 5. The van der Waals surface area contributed by atoms with Gasteiger partial charge in [0.1, 0.15) is 5.60 Å². The van der Waals surface area contributed by atoms with Crippen LogP contribution in [0.15, 0.2) is 18.3 Å². The van der Waals surface area contributed by atoms with Crippen LogP contribution in [0, 0.1) is 0 Å². The predicted molar refractivity (Wildman–Crippen MR) is 112 cm³/mol. The number of carbonyl (C=O) groups excluding carboxylic acids is 1. The van der Waals surface area contributed by atoms with Gasteiger partial charge in [-0.15, -0.1) is 0 Å². The Hall–Kier alpha value is -3.23. The van der Waals surface area contributed by atoms with Crippen LogP contribution in [0.4, 0.5) is 16.4 Å². The van der Waals surface area contributed by atoms with E-state index in [-0.39, 0.29) is 6.09 Å². The van der Waals surface area contributed by atoms with Crippen molar-refractivity contribution in [3.05, 3.63) is 29.6 Å². The molecule has 0 saturated carbocycles. The van der Waals surface area contributed by atoms with Gasteiger partial charge in [0.2, 0.25) is 11.7 Å². The summed E-state index contributed by atoms with van der Waals surface area (Å²) in [6, 6.07) is 3.57. The van der Waals surface area contributed by atoms with Gasteiger partial charge in [-0.3, -0.25) is 0 Å². The van der Waals surface area contributed by atoms with Crippen LogP contribution >= 0.6 is 0 Å². The van der Waals surface area contributed by atoms with Crippen LogP contribution in [0.5, 0.6) is 17.2 Å². The average Bonchev–Trinajstić information content (AvgIpc) is 2.71. The molecule has 0 atom stereocenters. The molecule has 1 aliphatic rings. The van der Waals surface area contributed by atoms with Gasteiger partial charge < -0.3 is 29.2 Å². The average molecular weight is 416 g/mol. The summed E-state index contributed by atoms with van der Waals surface area (Å²) in [7, 11) is 4.68. The maximum Gasteiger partial charge on any atom is 0.410 e. The van der Waals surface area contributed by atoms with Crippen molar-refractivity contribution < 1.29 is 23.7 Å². The lowest BCUT2D eigenvalue weighted by Crippen LogP contribution is -2.40. The fraction of sp³-hybridized carbons (Fsp3) is 0.476. The molecule has 2 heterocycles. The van der Waals surface area contributed by atoms with Crippen LogP contribution < -0.4 is 19.5 Å². The van der Waals surface area contributed by atoms with E-state index in [1.807, 2.05) is 20.8 Å². The largest absolute Gasteiger partial charge is 0.493 e. The van der Waals surface area contributed by atoms with Crippen LogP contribution in [-0.4, -0.2) is 54.4 Å². The van der Waals surface area contributed by atoms with E-state index in [0.717, 1.165) is 11.3 Å². The van der Waals surface area contributed by atoms with Crippen LogP contribution in [0.25, 0.3) is 0 Å². The van der Waals surface area contributed by atoms with Gasteiger partial charge in [0, 0.05) is 42.5 Å². The molecular formula is C21H28N4O5. The van der Waals surface area contributed by atoms with E-state index >= 15 is 0 Å². The van der Waals surface area contributed by atoms with E-state index in [2.05, 4.69) is 15.3 Å². The normalized spacial score (nSPS) is 13.3. The minimum atomic E-state index is -0.526. The van der Waals surface area contributed by atoms with E-state index in [9.17, 15) is 4.79 Å². The second-order valence-electron chi connectivity index (χ2n) is 7.86. The second kappa shape index (κ2) is 8.64. The standard InChI is InChI=1S/C21H28N4O5/c1-21(2,3)30-20(26)25-8-7-15-13(12-25)11-22-19(24-15)23-14-9-16(27-4)18(29-6)17(10-14)28-5/h9-11H,7-8,12H2,1-6H3,(H,22,23,24). The number of amides is 1. The SMILES string of the molecule is COc1cc(Nc2ncc3c(n2)CCN(C(=O)OC(C)(C)C)C3)cc(OC)c1OC. The van der Waals surface area contributed by atoms with E-state index in [0.29, 0.717) is 48.4 Å². The summed E-state index contributed by atoms with van der Waals surface area (Å²) in [5.41, 5.74) is 1.99. The fourth-order valence-electron chi connectivity index (χ4n) is 3.14. The van der Waals surface area contributed by atoms with Crippen molar-refractivity contribution in [2.75, 3.05) is 33.2 Å². The Kier molecular flexibility index (Phi) is 6.19. The number of aromatic nitrogens is 2. The van der Waals surface area contributed by atoms with Gasteiger partial charge in [0.05, 0.1) is 33.6 Å². The van der Waals surface area contributed by atoms with Gasteiger partial charge in [0.15, 0.2) is 11.5 Å². The Morgan fingerprint density at radius 3 is 2.33 bits per heavy atom. The molecule has 1 N–H and O–H groups in total. The number of methoxy groups -OCH3 is 3.